The first-order chi connectivity index (χ1) is 10.8. The fraction of sp³-hybridized carbons (Fsp3) is 0.412. The van der Waals surface area contributed by atoms with Gasteiger partial charge in [0.05, 0.1) is 11.2 Å². The quantitative estimate of drug-likeness (QED) is 0.803. The summed E-state index contributed by atoms with van der Waals surface area (Å²) in [4.78, 5) is 15.9. The van der Waals surface area contributed by atoms with E-state index < -0.39 is 11.7 Å². The fourth-order valence-corrected chi connectivity index (χ4v) is 2.33. The lowest BCUT2D eigenvalue weighted by atomic mass is 10.2. The molecule has 0 atom stereocenters. The van der Waals surface area contributed by atoms with Crippen molar-refractivity contribution >= 4 is 34.3 Å². The van der Waals surface area contributed by atoms with Crippen LogP contribution in [-0.4, -0.2) is 29.8 Å². The molecular formula is C17H22ClN3O2. The molecule has 124 valence electrons. The lowest BCUT2D eigenvalue weighted by molar-refractivity contribution is 0.0528. The lowest BCUT2D eigenvalue weighted by Crippen LogP contribution is -2.33. The third kappa shape index (κ3) is 5.60. The number of hydrogen-bond acceptors (Lipinski definition) is 4. The zero-order valence-electron chi connectivity index (χ0n) is 13.6. The van der Waals surface area contributed by atoms with Gasteiger partial charge in [-0.3, -0.25) is 4.98 Å². The van der Waals surface area contributed by atoms with Crippen LogP contribution in [0.1, 0.15) is 27.2 Å². The highest BCUT2D eigenvalue weighted by Crippen LogP contribution is 2.26. The van der Waals surface area contributed by atoms with Crippen LogP contribution >= 0.6 is 11.6 Å². The minimum atomic E-state index is -0.478. The Hall–Kier alpha value is -2.01. The number of amides is 1. The van der Waals surface area contributed by atoms with Crippen LogP contribution in [0.2, 0.25) is 5.02 Å². The number of fused-ring (bicyclic) bond motifs is 1. The van der Waals surface area contributed by atoms with Crippen LogP contribution in [0.25, 0.3) is 10.9 Å². The van der Waals surface area contributed by atoms with Crippen molar-refractivity contribution in [3.63, 3.8) is 0 Å². The van der Waals surface area contributed by atoms with E-state index in [0.29, 0.717) is 18.1 Å². The Bertz CT molecular complexity index is 683. The van der Waals surface area contributed by atoms with Gasteiger partial charge < -0.3 is 15.4 Å². The zero-order chi connectivity index (χ0) is 16.9. The maximum Gasteiger partial charge on any atom is 0.407 e. The van der Waals surface area contributed by atoms with Gasteiger partial charge in [-0.15, -0.1) is 0 Å². The van der Waals surface area contributed by atoms with E-state index in [2.05, 4.69) is 15.6 Å². The van der Waals surface area contributed by atoms with Crippen molar-refractivity contribution in [3.05, 3.63) is 35.5 Å². The number of ether oxygens (including phenoxy) is 1. The Morgan fingerprint density at radius 1 is 1.30 bits per heavy atom. The molecule has 0 aliphatic heterocycles. The number of rotatable bonds is 5. The highest BCUT2D eigenvalue weighted by atomic mass is 35.5. The molecule has 23 heavy (non-hydrogen) atoms. The molecule has 2 rings (SSSR count). The molecule has 1 amide bonds. The molecule has 0 fully saturated rings. The average molecular weight is 336 g/mol. The molecule has 1 heterocycles. The Morgan fingerprint density at radius 2 is 2.09 bits per heavy atom. The van der Waals surface area contributed by atoms with E-state index in [9.17, 15) is 4.79 Å². The number of benzene rings is 1. The number of pyridine rings is 1. The molecule has 1 aromatic carbocycles. The molecule has 0 bridgehead atoms. The van der Waals surface area contributed by atoms with E-state index >= 15 is 0 Å². The van der Waals surface area contributed by atoms with Crippen LogP contribution in [0.4, 0.5) is 10.5 Å². The van der Waals surface area contributed by atoms with Crippen LogP contribution in [0.15, 0.2) is 30.5 Å². The molecule has 2 aromatic rings. The van der Waals surface area contributed by atoms with Gasteiger partial charge in [-0.25, -0.2) is 4.79 Å². The second kappa shape index (κ2) is 7.51. The summed E-state index contributed by atoms with van der Waals surface area (Å²) >= 11 is 6.13. The zero-order valence-corrected chi connectivity index (χ0v) is 14.4. The predicted molar refractivity (Wildman–Crippen MR) is 94.1 cm³/mol. The van der Waals surface area contributed by atoms with E-state index in [1.54, 1.807) is 6.20 Å². The summed E-state index contributed by atoms with van der Waals surface area (Å²) in [6.45, 7) is 6.75. The van der Waals surface area contributed by atoms with E-state index in [0.717, 1.165) is 23.0 Å². The molecule has 2 N–H and O–H groups in total. The second-order valence-corrected chi connectivity index (χ2v) is 6.67. The number of hydrogen-bond donors (Lipinski definition) is 2. The van der Waals surface area contributed by atoms with E-state index in [-0.39, 0.29) is 0 Å². The summed E-state index contributed by atoms with van der Waals surface area (Å²) in [5.74, 6) is 0. The van der Waals surface area contributed by atoms with Crippen molar-refractivity contribution in [2.24, 2.45) is 0 Å². The largest absolute Gasteiger partial charge is 0.444 e. The van der Waals surface area contributed by atoms with Crippen molar-refractivity contribution in [2.75, 3.05) is 18.4 Å². The highest BCUT2D eigenvalue weighted by Gasteiger charge is 2.15. The van der Waals surface area contributed by atoms with Crippen molar-refractivity contribution in [1.82, 2.24) is 10.3 Å². The number of halogens is 1. The summed E-state index contributed by atoms with van der Waals surface area (Å²) in [6, 6.07) is 7.61. The topological polar surface area (TPSA) is 63.2 Å². The van der Waals surface area contributed by atoms with Gasteiger partial charge in [0.1, 0.15) is 5.60 Å². The molecule has 0 saturated carbocycles. The fourth-order valence-electron chi connectivity index (χ4n) is 2.11. The van der Waals surface area contributed by atoms with Gasteiger partial charge in [0.15, 0.2) is 0 Å². The number of aromatic nitrogens is 1. The Kier molecular flexibility index (Phi) is 5.66. The van der Waals surface area contributed by atoms with Gasteiger partial charge in [-0.05, 0) is 45.4 Å². The third-order valence-electron chi connectivity index (χ3n) is 3.01. The minimum Gasteiger partial charge on any atom is -0.444 e. The number of alkyl carbamates (subject to hydrolysis) is 1. The normalized spacial score (nSPS) is 11.3. The van der Waals surface area contributed by atoms with Gasteiger partial charge in [-0.1, -0.05) is 17.7 Å². The summed E-state index contributed by atoms with van der Waals surface area (Å²) in [5, 5.41) is 7.70. The first-order valence-electron chi connectivity index (χ1n) is 7.60. The SMILES string of the molecule is CC(C)(C)OC(=O)NCCCNc1cc(Cl)cc2cccnc12. The van der Waals surface area contributed by atoms with Crippen molar-refractivity contribution in [3.8, 4) is 0 Å². The molecule has 0 aliphatic rings. The van der Waals surface area contributed by atoms with Crippen LogP contribution in [0.3, 0.4) is 0 Å². The minimum absolute atomic E-state index is 0.396. The average Bonchev–Trinajstić information content (AvgIpc) is 2.44. The summed E-state index contributed by atoms with van der Waals surface area (Å²) in [5.41, 5.74) is 1.30. The van der Waals surface area contributed by atoms with Crippen LogP contribution in [0.5, 0.6) is 0 Å². The maximum atomic E-state index is 11.5. The van der Waals surface area contributed by atoms with E-state index in [1.807, 2.05) is 45.0 Å². The summed E-state index contributed by atoms with van der Waals surface area (Å²) < 4.78 is 5.18. The maximum absolute atomic E-state index is 11.5. The highest BCUT2D eigenvalue weighted by molar-refractivity contribution is 6.31. The number of nitrogens with zero attached hydrogens (tertiary/aromatic N) is 1. The van der Waals surface area contributed by atoms with E-state index in [4.69, 9.17) is 16.3 Å². The number of carbonyl (C=O) groups is 1. The summed E-state index contributed by atoms with van der Waals surface area (Å²) in [7, 11) is 0. The summed E-state index contributed by atoms with van der Waals surface area (Å²) in [6.07, 6.45) is 2.12. The molecule has 0 spiro atoms. The smallest absolute Gasteiger partial charge is 0.407 e. The van der Waals surface area contributed by atoms with Gasteiger partial charge in [0.2, 0.25) is 0 Å². The van der Waals surface area contributed by atoms with Crippen LogP contribution < -0.4 is 10.6 Å². The van der Waals surface area contributed by atoms with Gasteiger partial charge in [0, 0.05) is 29.7 Å². The first-order valence-corrected chi connectivity index (χ1v) is 7.98. The van der Waals surface area contributed by atoms with Gasteiger partial charge in [-0.2, -0.15) is 0 Å². The molecule has 0 aliphatic carbocycles. The van der Waals surface area contributed by atoms with Crippen LogP contribution in [0, 0.1) is 0 Å². The third-order valence-corrected chi connectivity index (χ3v) is 3.23. The molecule has 0 saturated heterocycles. The standard InChI is InChI=1S/C17H22ClN3O2/c1-17(2,3)23-16(22)21-9-5-8-19-14-11-13(18)10-12-6-4-7-20-15(12)14/h4,6-7,10-11,19H,5,8-9H2,1-3H3,(H,21,22). The molecule has 1 aromatic heterocycles. The van der Waals surface area contributed by atoms with Crippen LogP contribution in [-0.2, 0) is 4.74 Å². The Labute approximate surface area is 141 Å². The molecule has 6 heteroatoms. The van der Waals surface area contributed by atoms with E-state index in [1.165, 1.54) is 0 Å². The number of carbonyl (C=O) groups excluding carboxylic acids is 1. The second-order valence-electron chi connectivity index (χ2n) is 6.24. The molecule has 0 radical (unpaired) electrons. The monoisotopic (exact) mass is 335 g/mol. The van der Waals surface area contributed by atoms with Crippen molar-refractivity contribution in [2.45, 2.75) is 32.8 Å². The lowest BCUT2D eigenvalue weighted by Gasteiger charge is -2.19. The first kappa shape index (κ1) is 17.3. The van der Waals surface area contributed by atoms with Gasteiger partial charge in [0.25, 0.3) is 0 Å². The molecule has 0 unspecified atom stereocenters. The number of anilines is 1. The number of nitrogens with one attached hydrogen (secondary N) is 2. The van der Waals surface area contributed by atoms with Crippen molar-refractivity contribution < 1.29 is 9.53 Å². The molecular weight excluding hydrogens is 314 g/mol. The Morgan fingerprint density at radius 3 is 2.83 bits per heavy atom. The predicted octanol–water partition coefficient (Wildman–Crippen LogP) is 4.21. The van der Waals surface area contributed by atoms with Crippen molar-refractivity contribution in [1.29, 1.82) is 0 Å². The van der Waals surface area contributed by atoms with Gasteiger partial charge >= 0.3 is 6.09 Å². The Balaban J connectivity index is 1.82. The molecule has 5 nitrogen and oxygen atoms in total.